The molecule has 0 atom stereocenters. The summed E-state index contributed by atoms with van der Waals surface area (Å²) in [7, 11) is 0. The molecule has 0 N–H and O–H groups in total. The van der Waals surface area contributed by atoms with Gasteiger partial charge in [-0.3, -0.25) is 19.9 Å². The Hall–Kier alpha value is -6.44. The Bertz CT molecular complexity index is 2510. The van der Waals surface area contributed by atoms with Crippen LogP contribution >= 0.6 is 11.3 Å². The average molecular weight is 647 g/mol. The quantitative estimate of drug-likeness (QED) is 0.179. The van der Waals surface area contributed by atoms with E-state index in [0.29, 0.717) is 0 Å². The molecular formula is C42H26N6S. The summed E-state index contributed by atoms with van der Waals surface area (Å²) >= 11 is 1.72. The van der Waals surface area contributed by atoms with Gasteiger partial charge in [-0.25, -0.2) is 9.97 Å². The molecule has 0 aliphatic heterocycles. The van der Waals surface area contributed by atoms with Crippen molar-refractivity contribution in [2.75, 3.05) is 0 Å². The molecule has 0 aliphatic carbocycles. The second kappa shape index (κ2) is 12.3. The van der Waals surface area contributed by atoms with Gasteiger partial charge in [0.2, 0.25) is 0 Å². The number of thiophene rings is 1. The van der Waals surface area contributed by atoms with Crippen LogP contribution in [0.2, 0.25) is 0 Å². The van der Waals surface area contributed by atoms with E-state index in [1.807, 2.05) is 79.1 Å². The molecule has 0 saturated heterocycles. The largest absolute Gasteiger partial charge is 0.256 e. The predicted octanol–water partition coefficient (Wildman–Crippen LogP) is 10.4. The van der Waals surface area contributed by atoms with Crippen LogP contribution in [0.4, 0.5) is 0 Å². The van der Waals surface area contributed by atoms with E-state index in [1.165, 1.54) is 0 Å². The van der Waals surface area contributed by atoms with Crippen LogP contribution in [0.1, 0.15) is 0 Å². The van der Waals surface area contributed by atoms with E-state index >= 15 is 0 Å². The van der Waals surface area contributed by atoms with Crippen molar-refractivity contribution in [1.29, 1.82) is 0 Å². The van der Waals surface area contributed by atoms with Gasteiger partial charge in [-0.1, -0.05) is 66.7 Å². The molecule has 0 fully saturated rings. The van der Waals surface area contributed by atoms with Crippen LogP contribution in [0.3, 0.4) is 0 Å². The molecule has 9 aromatic rings. The number of benzene rings is 2. The Morgan fingerprint density at radius 3 is 1.53 bits per heavy atom. The van der Waals surface area contributed by atoms with Gasteiger partial charge in [0.25, 0.3) is 0 Å². The maximum Gasteiger partial charge on any atom is 0.0900 e. The lowest BCUT2D eigenvalue weighted by Gasteiger charge is -2.11. The number of pyridine rings is 6. The first kappa shape index (κ1) is 28.8. The zero-order valence-corrected chi connectivity index (χ0v) is 26.9. The summed E-state index contributed by atoms with van der Waals surface area (Å²) in [5.41, 5.74) is 11.1. The highest BCUT2D eigenvalue weighted by Crippen LogP contribution is 2.49. The molecule has 0 radical (unpaired) electrons. The summed E-state index contributed by atoms with van der Waals surface area (Å²) in [6, 6.07) is 45.0. The molecule has 0 aliphatic rings. The number of hydrogen-bond acceptors (Lipinski definition) is 7. The van der Waals surface area contributed by atoms with Crippen LogP contribution in [0.25, 0.3) is 88.0 Å². The van der Waals surface area contributed by atoms with Crippen LogP contribution in [0.5, 0.6) is 0 Å². The van der Waals surface area contributed by atoms with Crippen LogP contribution in [0, 0.1) is 0 Å². The normalized spacial score (nSPS) is 11.3. The van der Waals surface area contributed by atoms with Crippen molar-refractivity contribution in [2.24, 2.45) is 0 Å². The van der Waals surface area contributed by atoms with Gasteiger partial charge in [0, 0.05) is 46.7 Å². The van der Waals surface area contributed by atoms with Crippen molar-refractivity contribution in [1.82, 2.24) is 29.9 Å². The molecule has 9 rings (SSSR count). The van der Waals surface area contributed by atoms with Gasteiger partial charge in [0.05, 0.1) is 55.0 Å². The zero-order valence-electron chi connectivity index (χ0n) is 26.1. The Labute approximate surface area is 286 Å². The van der Waals surface area contributed by atoms with E-state index in [1.54, 1.807) is 23.7 Å². The second-order valence-electron chi connectivity index (χ2n) is 11.6. The highest BCUT2D eigenvalue weighted by molar-refractivity contribution is 7.23. The molecular weight excluding hydrogens is 621 g/mol. The highest BCUT2D eigenvalue weighted by Gasteiger charge is 2.23. The molecule has 0 bridgehead atoms. The third-order valence-corrected chi connectivity index (χ3v) is 9.74. The van der Waals surface area contributed by atoms with Gasteiger partial charge in [-0.05, 0) is 77.9 Å². The van der Waals surface area contributed by atoms with Crippen molar-refractivity contribution in [3.63, 3.8) is 0 Å². The van der Waals surface area contributed by atoms with E-state index in [0.717, 1.165) is 88.0 Å². The summed E-state index contributed by atoms with van der Waals surface area (Å²) in [5, 5.41) is 2.24. The fourth-order valence-corrected chi connectivity index (χ4v) is 7.56. The molecule has 6 nitrogen and oxygen atoms in total. The molecule has 0 amide bonds. The van der Waals surface area contributed by atoms with E-state index in [-0.39, 0.29) is 0 Å². The minimum absolute atomic E-state index is 0.795. The maximum absolute atomic E-state index is 5.27. The van der Waals surface area contributed by atoms with Crippen molar-refractivity contribution in [3.8, 4) is 67.0 Å². The fraction of sp³-hybridized carbons (Fsp3) is 0. The number of nitrogens with zero attached hydrogens (tertiary/aromatic N) is 6. The average Bonchev–Trinajstić information content (AvgIpc) is 3.60. The molecule has 0 unspecified atom stereocenters. The van der Waals surface area contributed by atoms with Crippen LogP contribution < -0.4 is 0 Å². The molecule has 7 heterocycles. The number of para-hydroxylation sites is 1. The Balaban J connectivity index is 1.23. The minimum atomic E-state index is 0.795. The summed E-state index contributed by atoms with van der Waals surface area (Å²) in [6.07, 6.45) is 7.27. The van der Waals surface area contributed by atoms with Crippen LogP contribution in [0.15, 0.2) is 158 Å². The van der Waals surface area contributed by atoms with Crippen molar-refractivity contribution in [2.45, 2.75) is 0 Å². The first-order valence-electron chi connectivity index (χ1n) is 15.9. The third-order valence-electron chi connectivity index (χ3n) is 8.52. The van der Waals surface area contributed by atoms with Gasteiger partial charge in [0.15, 0.2) is 0 Å². The fourth-order valence-electron chi connectivity index (χ4n) is 6.25. The Kier molecular flexibility index (Phi) is 7.22. The summed E-state index contributed by atoms with van der Waals surface area (Å²) in [5.74, 6) is 0. The summed E-state index contributed by atoms with van der Waals surface area (Å²) < 4.78 is 1.10. The van der Waals surface area contributed by atoms with Crippen molar-refractivity contribution < 1.29 is 0 Å². The number of fused-ring (bicyclic) bond motifs is 3. The topological polar surface area (TPSA) is 77.3 Å². The van der Waals surface area contributed by atoms with Crippen molar-refractivity contribution >= 4 is 32.3 Å². The number of hydrogen-bond donors (Lipinski definition) is 0. The third kappa shape index (κ3) is 5.32. The maximum atomic E-state index is 5.27. The predicted molar refractivity (Wildman–Crippen MR) is 199 cm³/mol. The number of aromatic nitrogens is 6. The summed E-state index contributed by atoms with van der Waals surface area (Å²) in [4.78, 5) is 30.0. The standard InChI is InChI=1S/C42H26N6S/c1-2-12-31-30(11-1)38-39(34-15-5-9-23-45-34)41(35-16-6-10-24-46-35)49-42(38)40(48-31)28-19-17-27(18-20-28)29-25-36(32-13-3-7-21-43-32)47-37(26-29)33-14-4-8-22-44-33/h1-26H. The first-order valence-corrected chi connectivity index (χ1v) is 16.8. The smallest absolute Gasteiger partial charge is 0.0900 e. The van der Waals surface area contributed by atoms with E-state index < -0.39 is 0 Å². The molecule has 7 aromatic heterocycles. The molecule has 2 aromatic carbocycles. The van der Waals surface area contributed by atoms with Gasteiger partial charge in [-0.15, -0.1) is 11.3 Å². The highest BCUT2D eigenvalue weighted by atomic mass is 32.1. The van der Waals surface area contributed by atoms with E-state index in [4.69, 9.17) is 19.9 Å². The SMILES string of the molecule is c1ccc(-c2cc(-c3ccc(-c4nc5ccccc5c5c(-c6ccccn6)c(-c6ccccn6)sc45)cc3)cc(-c3ccccn3)n2)nc1. The molecule has 49 heavy (non-hydrogen) atoms. The Morgan fingerprint density at radius 1 is 0.408 bits per heavy atom. The lowest BCUT2D eigenvalue weighted by atomic mass is 9.97. The van der Waals surface area contributed by atoms with Gasteiger partial charge in [-0.2, -0.15) is 0 Å². The molecule has 7 heteroatoms. The second-order valence-corrected chi connectivity index (χ2v) is 12.6. The monoisotopic (exact) mass is 646 g/mol. The molecule has 230 valence electrons. The van der Waals surface area contributed by atoms with Gasteiger partial charge in [0.1, 0.15) is 0 Å². The van der Waals surface area contributed by atoms with Crippen LogP contribution in [-0.4, -0.2) is 29.9 Å². The molecule has 0 saturated carbocycles. The first-order chi connectivity index (χ1) is 24.3. The zero-order chi connectivity index (χ0) is 32.6. The lowest BCUT2D eigenvalue weighted by molar-refractivity contribution is 1.22. The summed E-state index contributed by atoms with van der Waals surface area (Å²) in [6.45, 7) is 0. The number of rotatable bonds is 6. The Morgan fingerprint density at radius 2 is 0.939 bits per heavy atom. The van der Waals surface area contributed by atoms with Crippen LogP contribution in [-0.2, 0) is 0 Å². The van der Waals surface area contributed by atoms with Gasteiger partial charge >= 0.3 is 0 Å². The van der Waals surface area contributed by atoms with Crippen molar-refractivity contribution in [3.05, 3.63) is 158 Å². The lowest BCUT2D eigenvalue weighted by Crippen LogP contribution is -1.94. The van der Waals surface area contributed by atoms with E-state index in [2.05, 4.69) is 76.7 Å². The van der Waals surface area contributed by atoms with E-state index in [9.17, 15) is 0 Å². The van der Waals surface area contributed by atoms with Gasteiger partial charge < -0.3 is 0 Å². The molecule has 0 spiro atoms. The minimum Gasteiger partial charge on any atom is -0.256 e.